The van der Waals surface area contributed by atoms with Gasteiger partial charge in [0.15, 0.2) is 17.4 Å². The molecule has 1 N–H and O–H groups in total. The number of aromatic nitrogens is 4. The fraction of sp³-hybridized carbons (Fsp3) is 0.375. The van der Waals surface area contributed by atoms with Crippen LogP contribution in [0.2, 0.25) is 0 Å². The molecule has 5 rings (SSSR count). The van der Waals surface area contributed by atoms with Crippen molar-refractivity contribution >= 4 is 29.4 Å². The van der Waals surface area contributed by atoms with Crippen molar-refractivity contribution in [3.05, 3.63) is 87.1 Å². The molecule has 45 heavy (non-hydrogen) atoms. The summed E-state index contributed by atoms with van der Waals surface area (Å²) in [7, 11) is 0. The Balaban J connectivity index is 1.85. The molecule has 1 amide bonds. The van der Waals surface area contributed by atoms with Crippen LogP contribution in [0.1, 0.15) is 70.3 Å². The summed E-state index contributed by atoms with van der Waals surface area (Å²) in [6.45, 7) is 15.1. The number of ketones is 1. The van der Waals surface area contributed by atoms with Gasteiger partial charge in [-0.2, -0.15) is 4.98 Å². The quantitative estimate of drug-likeness (QED) is 0.477. The second-order valence-electron chi connectivity index (χ2n) is 11.8. The van der Waals surface area contributed by atoms with Gasteiger partial charge in [-0.25, -0.2) is 33.2 Å². The number of hydrogen-bond donors (Lipinski definition) is 1. The molecule has 2 aromatic rings. The number of carbonyl (C=O) groups is 2. The van der Waals surface area contributed by atoms with Crippen molar-refractivity contribution in [2.45, 2.75) is 59.4 Å². The van der Waals surface area contributed by atoms with E-state index in [-0.39, 0.29) is 71.9 Å². The van der Waals surface area contributed by atoms with Gasteiger partial charge in [-0.1, -0.05) is 40.3 Å². The molecule has 0 radical (unpaired) electrons. The number of halogens is 2. The fourth-order valence-electron chi connectivity index (χ4n) is 5.86. The summed E-state index contributed by atoms with van der Waals surface area (Å²) in [4.78, 5) is 56.3. The number of piperazine rings is 1. The third kappa shape index (κ3) is 5.30. The summed E-state index contributed by atoms with van der Waals surface area (Å²) in [6.07, 6.45) is 5.93. The van der Waals surface area contributed by atoms with Crippen molar-refractivity contribution in [2.24, 2.45) is 0 Å². The zero-order valence-corrected chi connectivity index (χ0v) is 26.0. The first-order valence-corrected chi connectivity index (χ1v) is 14.7. The van der Waals surface area contributed by atoms with E-state index in [4.69, 9.17) is 0 Å². The van der Waals surface area contributed by atoms with Gasteiger partial charge in [-0.3, -0.25) is 14.8 Å². The van der Waals surface area contributed by atoms with E-state index in [1.807, 2.05) is 34.6 Å². The summed E-state index contributed by atoms with van der Waals surface area (Å²) in [5.41, 5.74) is -0.928. The van der Waals surface area contributed by atoms with Crippen LogP contribution in [0.5, 0.6) is 0 Å². The second kappa shape index (κ2) is 12.0. The zero-order chi connectivity index (χ0) is 32.9. The molecule has 1 aliphatic carbocycles. The van der Waals surface area contributed by atoms with Gasteiger partial charge in [0.1, 0.15) is 23.7 Å². The van der Waals surface area contributed by atoms with Crippen LogP contribution < -0.4 is 15.7 Å². The van der Waals surface area contributed by atoms with Gasteiger partial charge in [0, 0.05) is 25.7 Å². The van der Waals surface area contributed by atoms with Crippen molar-refractivity contribution < 1.29 is 23.6 Å². The maximum absolute atomic E-state index is 16.2. The van der Waals surface area contributed by atoms with Gasteiger partial charge < -0.3 is 9.80 Å². The van der Waals surface area contributed by atoms with E-state index < -0.39 is 34.4 Å². The largest absolute Gasteiger partial charge is 0.355 e. The van der Waals surface area contributed by atoms with Gasteiger partial charge in [0.05, 0.1) is 28.2 Å². The average Bonchev–Trinajstić information content (AvgIpc) is 2.99. The van der Waals surface area contributed by atoms with E-state index in [0.29, 0.717) is 16.5 Å². The Hall–Kier alpha value is -4.78. The highest BCUT2D eigenvalue weighted by Gasteiger charge is 2.39. The highest BCUT2D eigenvalue weighted by Crippen LogP contribution is 2.44. The molecule has 1 atom stereocenters. The van der Waals surface area contributed by atoms with Crippen molar-refractivity contribution in [3.63, 3.8) is 0 Å². The number of nitrogens with zero attached hydrogens (tertiary/aromatic N) is 7. The maximum Gasteiger partial charge on any atom is 0.355 e. The molecule has 3 aliphatic rings. The first-order valence-electron chi connectivity index (χ1n) is 14.7. The van der Waals surface area contributed by atoms with Gasteiger partial charge >= 0.3 is 5.69 Å². The molecule has 2 aliphatic heterocycles. The van der Waals surface area contributed by atoms with Crippen molar-refractivity contribution in [2.75, 3.05) is 29.6 Å². The van der Waals surface area contributed by atoms with Crippen LogP contribution in [0.3, 0.4) is 0 Å². The minimum atomic E-state index is -1.11. The molecule has 0 bridgehead atoms. The number of fused-ring (bicyclic) bond motifs is 1. The van der Waals surface area contributed by atoms with E-state index in [1.165, 1.54) is 25.4 Å². The average molecular weight is 620 g/mol. The summed E-state index contributed by atoms with van der Waals surface area (Å²) in [6, 6.07) is -0.372. The molecule has 11 nitrogen and oxygen atoms in total. The standard InChI is InChI=1S/C32H35F2N7O4/c1-8-23(42)38-11-12-39(19(7)14-38)30-20-13-22(34)27(24-21(33)10-9-18(6)29(24)43)41(45)31(20)40(32(44)37-30)28-25(16(2)3)35-15-36-26(28)17(4)5/h8-10,13,15-17,19,45H,1,11-12,14H2,2-7H3/b27-24-/t19-/m0/s1. The topological polar surface area (TPSA) is 125 Å². The van der Waals surface area contributed by atoms with Crippen LogP contribution in [-0.4, -0.2) is 67.0 Å². The van der Waals surface area contributed by atoms with E-state index in [2.05, 4.69) is 21.5 Å². The lowest BCUT2D eigenvalue weighted by molar-refractivity contribution is -0.126. The van der Waals surface area contributed by atoms with E-state index in [0.717, 1.165) is 16.7 Å². The van der Waals surface area contributed by atoms with Crippen molar-refractivity contribution in [1.82, 2.24) is 24.4 Å². The Kier molecular flexibility index (Phi) is 8.41. The van der Waals surface area contributed by atoms with Crippen LogP contribution in [0.25, 0.3) is 11.8 Å². The fourth-order valence-corrected chi connectivity index (χ4v) is 5.86. The smallest absolute Gasteiger partial charge is 0.350 e. The van der Waals surface area contributed by atoms with Gasteiger partial charge in [0.2, 0.25) is 5.91 Å². The van der Waals surface area contributed by atoms with Gasteiger partial charge in [-0.05, 0) is 49.5 Å². The Bertz CT molecular complexity index is 1770. The monoisotopic (exact) mass is 619 g/mol. The molecule has 0 aromatic carbocycles. The number of carbonyl (C=O) groups excluding carboxylic acids is 2. The van der Waals surface area contributed by atoms with E-state index >= 15 is 8.78 Å². The van der Waals surface area contributed by atoms with Crippen LogP contribution >= 0.6 is 0 Å². The van der Waals surface area contributed by atoms with Crippen molar-refractivity contribution in [1.29, 1.82) is 0 Å². The number of allylic oxidation sites excluding steroid dienone is 6. The number of anilines is 2. The Labute approximate surface area is 259 Å². The van der Waals surface area contributed by atoms with Crippen molar-refractivity contribution in [3.8, 4) is 5.69 Å². The summed E-state index contributed by atoms with van der Waals surface area (Å²) >= 11 is 0. The number of rotatable bonds is 5. The molecular formula is C32H35F2N7O4. The number of hydrogen-bond acceptors (Lipinski definition) is 9. The van der Waals surface area contributed by atoms with Crippen LogP contribution in [-0.2, 0) is 9.59 Å². The number of amides is 1. The van der Waals surface area contributed by atoms with E-state index in [1.54, 1.807) is 9.80 Å². The summed E-state index contributed by atoms with van der Waals surface area (Å²) < 4.78 is 32.5. The highest BCUT2D eigenvalue weighted by atomic mass is 19.1. The SMILES string of the molecule is C=CC(=O)N1CCN(c2nc(=O)n(-c3c(C(C)C)ncnc3C(C)C)c3c2C=C(F)/C(=C2/C(=O)C(C)=CC=C2F)N3O)[C@@H](C)C1. The van der Waals surface area contributed by atoms with Crippen LogP contribution in [0.15, 0.2) is 64.4 Å². The molecule has 0 saturated carbocycles. The Morgan fingerprint density at radius 2 is 1.71 bits per heavy atom. The molecule has 13 heteroatoms. The van der Waals surface area contributed by atoms with Crippen LogP contribution in [0, 0.1) is 0 Å². The predicted octanol–water partition coefficient (Wildman–Crippen LogP) is 4.65. The van der Waals surface area contributed by atoms with Gasteiger partial charge in [-0.15, -0.1) is 0 Å². The Morgan fingerprint density at radius 3 is 2.29 bits per heavy atom. The first-order chi connectivity index (χ1) is 21.3. The molecule has 2 aromatic heterocycles. The summed E-state index contributed by atoms with van der Waals surface area (Å²) in [5, 5.41) is 12.2. The molecule has 4 heterocycles. The predicted molar refractivity (Wildman–Crippen MR) is 166 cm³/mol. The number of hydroxylamine groups is 1. The highest BCUT2D eigenvalue weighted by molar-refractivity contribution is 6.13. The zero-order valence-electron chi connectivity index (χ0n) is 26.0. The van der Waals surface area contributed by atoms with Crippen LogP contribution in [0.4, 0.5) is 20.4 Å². The molecular weight excluding hydrogens is 584 g/mol. The second-order valence-corrected chi connectivity index (χ2v) is 11.8. The lowest BCUT2D eigenvalue weighted by Gasteiger charge is -2.41. The lowest BCUT2D eigenvalue weighted by atomic mass is 9.94. The minimum absolute atomic E-state index is 0.0162. The lowest BCUT2D eigenvalue weighted by Crippen LogP contribution is -2.54. The molecule has 0 unspecified atom stereocenters. The summed E-state index contributed by atoms with van der Waals surface area (Å²) in [5.74, 6) is -3.84. The molecule has 1 fully saturated rings. The molecule has 0 spiro atoms. The Morgan fingerprint density at radius 1 is 1.07 bits per heavy atom. The van der Waals surface area contributed by atoms with Gasteiger partial charge in [0.25, 0.3) is 0 Å². The third-order valence-corrected chi connectivity index (χ3v) is 8.12. The number of Topliss-reactive ketones (excluding diaryl/α,β-unsaturated/α-hetero) is 1. The maximum atomic E-state index is 16.2. The van der Waals surface area contributed by atoms with E-state index in [9.17, 15) is 19.6 Å². The normalized spacial score (nSPS) is 20.3. The molecule has 1 saturated heterocycles. The minimum Gasteiger partial charge on any atom is -0.350 e. The first kappa shape index (κ1) is 31.6. The third-order valence-electron chi connectivity index (χ3n) is 8.12. The molecule has 236 valence electrons.